The summed E-state index contributed by atoms with van der Waals surface area (Å²) in [6.45, 7) is 13.8. The van der Waals surface area contributed by atoms with Gasteiger partial charge >= 0.3 is 5.97 Å². The fraction of sp³-hybridized carbons (Fsp3) is 0.500. The normalized spacial score (nSPS) is 15.5. The van der Waals surface area contributed by atoms with Crippen molar-refractivity contribution in [2.75, 3.05) is 11.3 Å². The summed E-state index contributed by atoms with van der Waals surface area (Å²) >= 11 is -1.30. The van der Waals surface area contributed by atoms with E-state index in [0.29, 0.717) is 17.9 Å². The van der Waals surface area contributed by atoms with Gasteiger partial charge in [0.25, 0.3) is 0 Å². The molecule has 3 rings (SSSR count). The van der Waals surface area contributed by atoms with Crippen LogP contribution in [0.2, 0.25) is 0 Å². The van der Waals surface area contributed by atoms with E-state index in [9.17, 15) is 14.5 Å². The van der Waals surface area contributed by atoms with Gasteiger partial charge in [-0.05, 0) is 107 Å². The Balaban J connectivity index is 2.25. The van der Waals surface area contributed by atoms with E-state index in [1.807, 2.05) is 66.7 Å². The molecule has 0 aromatic heterocycles. The van der Waals surface area contributed by atoms with Crippen molar-refractivity contribution in [3.05, 3.63) is 46.5 Å². The number of aliphatic carboxylic acids is 1. The summed E-state index contributed by atoms with van der Waals surface area (Å²) in [5.41, 5.74) is 5.05. The molecule has 33 heavy (non-hydrogen) atoms. The largest absolute Gasteiger partial charge is 0.593 e. The first kappa shape index (κ1) is 25.4. The molecule has 2 aromatic rings. The molecule has 7 heteroatoms. The minimum absolute atomic E-state index is 0.0884. The number of benzene rings is 2. The van der Waals surface area contributed by atoms with Crippen molar-refractivity contribution in [2.24, 2.45) is 0 Å². The zero-order chi connectivity index (χ0) is 24.5. The van der Waals surface area contributed by atoms with Gasteiger partial charge in [-0.25, -0.2) is 9.52 Å². The molecule has 0 radical (unpaired) electrons. The highest BCUT2D eigenvalue weighted by Crippen LogP contribution is 2.42. The van der Waals surface area contributed by atoms with Crippen LogP contribution in [0.1, 0.15) is 69.4 Å². The first-order chi connectivity index (χ1) is 15.4. The van der Waals surface area contributed by atoms with Gasteiger partial charge in [0.15, 0.2) is 6.10 Å². The predicted molar refractivity (Wildman–Crippen MR) is 133 cm³/mol. The van der Waals surface area contributed by atoms with Gasteiger partial charge in [-0.3, -0.25) is 0 Å². The maximum absolute atomic E-state index is 12.6. The SMILES string of the molecule is Cc1cc(N[S+]([O-])C(C)C)c(C)c(C(OC(C)(C)C)C(=O)O)c1-c1ccc2c(c1)CCCO2. The molecule has 2 unspecified atom stereocenters. The number of aryl methyl sites for hydroxylation is 2. The molecule has 0 amide bonds. The van der Waals surface area contributed by atoms with Gasteiger partial charge in [0.1, 0.15) is 11.0 Å². The molecule has 0 fully saturated rings. The number of hydrogen-bond acceptors (Lipinski definition) is 5. The van der Waals surface area contributed by atoms with Crippen molar-refractivity contribution in [3.63, 3.8) is 0 Å². The second kappa shape index (κ2) is 9.95. The van der Waals surface area contributed by atoms with Crippen molar-refractivity contribution < 1.29 is 23.9 Å². The second-order valence-corrected chi connectivity index (χ2v) is 11.6. The second-order valence-electron chi connectivity index (χ2n) is 9.83. The standard InChI is InChI=1S/C26H35NO5S/c1-15(2)33(30)27-20-13-16(3)22(19-10-11-21-18(14-19)9-8-12-31-21)23(17(20)4)24(25(28)29)32-26(5,6)7/h10-11,13-15,24,27H,8-9,12H2,1-7H3,(H,28,29). The van der Waals surface area contributed by atoms with E-state index in [0.717, 1.165) is 46.4 Å². The number of hydrogen-bond donors (Lipinski definition) is 2. The predicted octanol–water partition coefficient (Wildman–Crippen LogP) is 5.72. The van der Waals surface area contributed by atoms with Crippen molar-refractivity contribution in [1.29, 1.82) is 0 Å². The van der Waals surface area contributed by atoms with Crippen LogP contribution in [0.4, 0.5) is 5.69 Å². The molecule has 0 bridgehead atoms. The van der Waals surface area contributed by atoms with E-state index >= 15 is 0 Å². The van der Waals surface area contributed by atoms with Crippen molar-refractivity contribution in [3.8, 4) is 16.9 Å². The maximum atomic E-state index is 12.6. The third-order valence-electron chi connectivity index (χ3n) is 5.63. The lowest BCUT2D eigenvalue weighted by Gasteiger charge is -2.30. The van der Waals surface area contributed by atoms with Crippen LogP contribution in [0.3, 0.4) is 0 Å². The summed E-state index contributed by atoms with van der Waals surface area (Å²) in [5.74, 6) is -0.177. The van der Waals surface area contributed by atoms with Crippen LogP contribution in [-0.4, -0.2) is 33.1 Å². The van der Waals surface area contributed by atoms with Gasteiger partial charge in [0, 0.05) is 5.56 Å². The van der Waals surface area contributed by atoms with E-state index in [1.165, 1.54) is 0 Å². The molecule has 0 saturated carbocycles. The highest BCUT2D eigenvalue weighted by Gasteiger charge is 2.33. The summed E-state index contributed by atoms with van der Waals surface area (Å²) in [6, 6.07) is 7.98. The number of carboxylic acids is 1. The summed E-state index contributed by atoms with van der Waals surface area (Å²) in [7, 11) is 0. The smallest absolute Gasteiger partial charge is 0.337 e. The number of anilines is 1. The lowest BCUT2D eigenvalue weighted by Crippen LogP contribution is -2.29. The van der Waals surface area contributed by atoms with Gasteiger partial charge in [-0.1, -0.05) is 6.07 Å². The lowest BCUT2D eigenvalue weighted by atomic mass is 9.86. The average molecular weight is 474 g/mol. The van der Waals surface area contributed by atoms with Crippen molar-refractivity contribution >= 4 is 23.0 Å². The zero-order valence-corrected chi connectivity index (χ0v) is 21.4. The number of carboxylic acid groups (broad SMARTS) is 1. The molecule has 2 N–H and O–H groups in total. The number of rotatable bonds is 7. The fourth-order valence-electron chi connectivity index (χ4n) is 4.09. The average Bonchev–Trinajstić information content (AvgIpc) is 2.73. The Morgan fingerprint density at radius 1 is 1.24 bits per heavy atom. The van der Waals surface area contributed by atoms with E-state index in [2.05, 4.69) is 10.8 Å². The molecule has 2 atom stereocenters. The highest BCUT2D eigenvalue weighted by molar-refractivity contribution is 7.93. The first-order valence-electron chi connectivity index (χ1n) is 11.4. The molecule has 2 aromatic carbocycles. The number of ether oxygens (including phenoxy) is 2. The topological polar surface area (TPSA) is 90.8 Å². The number of nitrogens with one attached hydrogen (secondary N) is 1. The van der Waals surface area contributed by atoms with Crippen LogP contribution in [0.25, 0.3) is 11.1 Å². The van der Waals surface area contributed by atoms with E-state index in [-0.39, 0.29) is 5.25 Å². The van der Waals surface area contributed by atoms with Crippen LogP contribution >= 0.6 is 0 Å². The molecule has 1 aliphatic rings. The Kier molecular flexibility index (Phi) is 7.66. The maximum Gasteiger partial charge on any atom is 0.337 e. The minimum atomic E-state index is -1.30. The van der Waals surface area contributed by atoms with Gasteiger partial charge in [0.2, 0.25) is 0 Å². The molecule has 0 saturated heterocycles. The lowest BCUT2D eigenvalue weighted by molar-refractivity contribution is -0.160. The molecule has 0 spiro atoms. The Labute approximate surface area is 200 Å². The Hall–Kier alpha value is -2.22. The van der Waals surface area contributed by atoms with Crippen LogP contribution in [-0.2, 0) is 27.3 Å². The summed E-state index contributed by atoms with van der Waals surface area (Å²) < 4.78 is 27.5. The number of fused-ring (bicyclic) bond motifs is 1. The summed E-state index contributed by atoms with van der Waals surface area (Å²) in [5, 5.41) is 10.1. The molecule has 6 nitrogen and oxygen atoms in total. The van der Waals surface area contributed by atoms with E-state index in [4.69, 9.17) is 9.47 Å². The van der Waals surface area contributed by atoms with Gasteiger partial charge < -0.3 is 19.1 Å². The Morgan fingerprint density at radius 2 is 1.94 bits per heavy atom. The quantitative estimate of drug-likeness (QED) is 0.500. The van der Waals surface area contributed by atoms with Crippen LogP contribution < -0.4 is 9.46 Å². The fourth-order valence-corrected chi connectivity index (χ4v) is 4.75. The zero-order valence-electron chi connectivity index (χ0n) is 20.6. The van der Waals surface area contributed by atoms with Crippen LogP contribution in [0, 0.1) is 13.8 Å². The van der Waals surface area contributed by atoms with Gasteiger partial charge in [-0.2, -0.15) is 0 Å². The van der Waals surface area contributed by atoms with Gasteiger partial charge in [-0.15, -0.1) is 0 Å². The van der Waals surface area contributed by atoms with Crippen LogP contribution in [0.15, 0.2) is 24.3 Å². The molecule has 0 aliphatic carbocycles. The molecular formula is C26H35NO5S. The van der Waals surface area contributed by atoms with Crippen molar-refractivity contribution in [1.82, 2.24) is 0 Å². The van der Waals surface area contributed by atoms with E-state index in [1.54, 1.807) is 0 Å². The van der Waals surface area contributed by atoms with Gasteiger partial charge in [0.05, 0.1) is 29.3 Å². The minimum Gasteiger partial charge on any atom is -0.593 e. The molecule has 1 heterocycles. The van der Waals surface area contributed by atoms with Crippen LogP contribution in [0.5, 0.6) is 5.75 Å². The highest BCUT2D eigenvalue weighted by atomic mass is 32.2. The molecule has 180 valence electrons. The summed E-state index contributed by atoms with van der Waals surface area (Å²) in [6.07, 6.45) is 0.695. The third kappa shape index (κ3) is 5.83. The number of carbonyl (C=O) groups is 1. The molecule has 1 aliphatic heterocycles. The summed E-state index contributed by atoms with van der Waals surface area (Å²) in [4.78, 5) is 12.5. The van der Waals surface area contributed by atoms with Crippen molar-refractivity contribution in [2.45, 2.75) is 78.3 Å². The Bertz CT molecular complexity index is 1030. The Morgan fingerprint density at radius 3 is 2.55 bits per heavy atom. The molecular weight excluding hydrogens is 438 g/mol. The monoisotopic (exact) mass is 473 g/mol. The third-order valence-corrected chi connectivity index (χ3v) is 6.90. The van der Waals surface area contributed by atoms with E-state index < -0.39 is 29.0 Å². The first-order valence-corrected chi connectivity index (χ1v) is 12.6.